The van der Waals surface area contributed by atoms with E-state index in [9.17, 15) is 9.18 Å². The number of aliphatic imine (C=N–C) groups is 1. The molecule has 1 aliphatic heterocycles. The van der Waals surface area contributed by atoms with Crippen molar-refractivity contribution < 1.29 is 18.7 Å². The first-order valence-electron chi connectivity index (χ1n) is 12.5. The number of hydrogen-bond acceptors (Lipinski definition) is 5. The van der Waals surface area contributed by atoms with Gasteiger partial charge < -0.3 is 9.47 Å². The van der Waals surface area contributed by atoms with Crippen LogP contribution in [0.15, 0.2) is 94.8 Å². The highest BCUT2D eigenvalue weighted by Crippen LogP contribution is 2.40. The van der Waals surface area contributed by atoms with Crippen molar-refractivity contribution in [1.82, 2.24) is 0 Å². The third kappa shape index (κ3) is 7.24. The molecule has 0 aromatic heterocycles. The minimum atomic E-state index is -0.321. The zero-order chi connectivity index (χ0) is 28.9. The van der Waals surface area contributed by atoms with Gasteiger partial charge in [-0.05, 0) is 131 Å². The lowest BCUT2D eigenvalue weighted by Gasteiger charge is -2.16. The summed E-state index contributed by atoms with van der Waals surface area (Å²) < 4.78 is 26.4. The molecule has 1 aliphatic rings. The van der Waals surface area contributed by atoms with Crippen LogP contribution in [-0.4, -0.2) is 17.7 Å². The van der Waals surface area contributed by atoms with Crippen LogP contribution in [0.1, 0.15) is 18.1 Å². The first-order valence-corrected chi connectivity index (χ1v) is 15.1. The highest BCUT2D eigenvalue weighted by atomic mass is 127. The van der Waals surface area contributed by atoms with Crippen LogP contribution in [-0.2, 0) is 11.4 Å². The Morgan fingerprint density at radius 1 is 0.976 bits per heavy atom. The molecule has 0 N–H and O–H groups in total. The molecular formula is C31H22Cl2FIN2O3S. The first-order chi connectivity index (χ1) is 19.8. The number of benzene rings is 4. The van der Waals surface area contributed by atoms with E-state index in [4.69, 9.17) is 37.7 Å². The number of hydrogen-bond donors (Lipinski definition) is 0. The van der Waals surface area contributed by atoms with Gasteiger partial charge in [0.2, 0.25) is 0 Å². The lowest BCUT2D eigenvalue weighted by Crippen LogP contribution is -2.28. The van der Waals surface area contributed by atoms with Crippen LogP contribution in [0, 0.1) is 9.39 Å². The van der Waals surface area contributed by atoms with Crippen LogP contribution in [0.4, 0.5) is 15.8 Å². The SMILES string of the molecule is CCOc1cc(/C=C2\SC(=Nc3ccc(Cl)cc3)N(c3ccc(Cl)cc3)C2=O)cc(I)c1OCc1cccc(F)c1. The van der Waals surface area contributed by atoms with Gasteiger partial charge in [-0.15, -0.1) is 0 Å². The molecule has 4 aromatic carbocycles. The zero-order valence-corrected chi connectivity index (χ0v) is 26.1. The Morgan fingerprint density at radius 2 is 1.68 bits per heavy atom. The molecule has 5 nitrogen and oxygen atoms in total. The molecule has 208 valence electrons. The lowest BCUT2D eigenvalue weighted by molar-refractivity contribution is -0.113. The molecule has 0 bridgehead atoms. The summed E-state index contributed by atoms with van der Waals surface area (Å²) in [6.45, 7) is 2.49. The van der Waals surface area contributed by atoms with E-state index >= 15 is 0 Å². The van der Waals surface area contributed by atoms with E-state index in [-0.39, 0.29) is 18.3 Å². The van der Waals surface area contributed by atoms with E-state index in [0.717, 1.165) is 9.13 Å². The molecule has 1 heterocycles. The molecule has 1 fully saturated rings. The fraction of sp³-hybridized carbons (Fsp3) is 0.0968. The summed E-state index contributed by atoms with van der Waals surface area (Å²) >= 11 is 15.6. The Kier molecular flexibility index (Phi) is 9.54. The molecule has 0 saturated carbocycles. The monoisotopic (exact) mass is 718 g/mol. The van der Waals surface area contributed by atoms with Crippen molar-refractivity contribution in [3.05, 3.63) is 120 Å². The Balaban J connectivity index is 1.48. The summed E-state index contributed by atoms with van der Waals surface area (Å²) in [6.07, 6.45) is 1.81. The Hall–Kier alpha value is -3.05. The number of nitrogens with zero attached hydrogens (tertiary/aromatic N) is 2. The van der Waals surface area contributed by atoms with Gasteiger partial charge in [0.05, 0.1) is 26.5 Å². The first kappa shape index (κ1) is 29.4. The number of amides is 1. The quantitative estimate of drug-likeness (QED) is 0.135. The molecule has 41 heavy (non-hydrogen) atoms. The van der Waals surface area contributed by atoms with E-state index in [1.54, 1.807) is 71.6 Å². The maximum atomic E-state index is 13.7. The topological polar surface area (TPSA) is 51.1 Å². The van der Waals surface area contributed by atoms with Gasteiger partial charge >= 0.3 is 0 Å². The summed E-state index contributed by atoms with van der Waals surface area (Å²) in [5.41, 5.74) is 2.78. The molecule has 4 aromatic rings. The molecular weight excluding hydrogens is 697 g/mol. The molecule has 0 spiro atoms. The lowest BCUT2D eigenvalue weighted by atomic mass is 10.1. The molecule has 10 heteroatoms. The summed E-state index contributed by atoms with van der Waals surface area (Å²) in [7, 11) is 0. The maximum Gasteiger partial charge on any atom is 0.271 e. The molecule has 0 radical (unpaired) electrons. The van der Waals surface area contributed by atoms with Gasteiger partial charge in [0.15, 0.2) is 16.7 Å². The van der Waals surface area contributed by atoms with Crippen molar-refractivity contribution in [2.45, 2.75) is 13.5 Å². The Labute approximate surface area is 265 Å². The van der Waals surface area contributed by atoms with E-state index in [2.05, 4.69) is 22.6 Å². The third-order valence-corrected chi connectivity index (χ3v) is 8.12. The molecule has 1 amide bonds. The largest absolute Gasteiger partial charge is 0.490 e. The summed E-state index contributed by atoms with van der Waals surface area (Å²) in [6, 6.07) is 24.1. The Bertz CT molecular complexity index is 1650. The number of carbonyl (C=O) groups excluding carboxylic acids is 1. The van der Waals surface area contributed by atoms with Crippen molar-refractivity contribution in [3.8, 4) is 11.5 Å². The van der Waals surface area contributed by atoms with E-state index in [1.165, 1.54) is 23.9 Å². The molecule has 5 rings (SSSR count). The minimum Gasteiger partial charge on any atom is -0.490 e. The van der Waals surface area contributed by atoms with Crippen molar-refractivity contribution in [2.75, 3.05) is 11.5 Å². The highest BCUT2D eigenvalue weighted by Gasteiger charge is 2.35. The number of rotatable bonds is 8. The van der Waals surface area contributed by atoms with Gasteiger partial charge in [0.25, 0.3) is 5.91 Å². The predicted molar refractivity (Wildman–Crippen MR) is 174 cm³/mol. The summed E-state index contributed by atoms with van der Waals surface area (Å²) in [5.74, 6) is 0.544. The standard InChI is InChI=1S/C31H22Cl2FIN2O3S/c1-2-39-27-16-20(15-26(35)29(27)40-18-19-4-3-5-23(34)14-19)17-28-30(38)37(25-12-8-22(33)9-13-25)31(41-28)36-24-10-6-21(32)7-11-24/h3-17H,2,18H2,1H3/b28-17-,36-31?. The second-order valence-electron chi connectivity index (χ2n) is 8.78. The minimum absolute atomic E-state index is 0.184. The Morgan fingerprint density at radius 3 is 2.37 bits per heavy atom. The normalized spacial score (nSPS) is 15.1. The third-order valence-electron chi connectivity index (χ3n) is 5.84. The van der Waals surface area contributed by atoms with Gasteiger partial charge in [0.1, 0.15) is 12.4 Å². The highest BCUT2D eigenvalue weighted by molar-refractivity contribution is 14.1. The number of amidine groups is 1. The number of ether oxygens (including phenoxy) is 2. The number of anilines is 1. The number of thioether (sulfide) groups is 1. The van der Waals surface area contributed by atoms with Crippen molar-refractivity contribution in [2.24, 2.45) is 4.99 Å². The molecule has 0 unspecified atom stereocenters. The number of halogens is 4. The average molecular weight is 719 g/mol. The smallest absolute Gasteiger partial charge is 0.271 e. The van der Waals surface area contributed by atoms with Crippen LogP contribution in [0.2, 0.25) is 10.0 Å². The summed E-state index contributed by atoms with van der Waals surface area (Å²) in [5, 5.41) is 1.67. The van der Waals surface area contributed by atoms with E-state index in [1.807, 2.05) is 19.1 Å². The fourth-order valence-corrected chi connectivity index (χ4v) is 6.03. The second kappa shape index (κ2) is 13.3. The van der Waals surface area contributed by atoms with Gasteiger partial charge in [-0.2, -0.15) is 0 Å². The fourth-order valence-electron chi connectivity index (χ4n) is 4.00. The maximum absolute atomic E-state index is 13.7. The average Bonchev–Trinajstić information content (AvgIpc) is 3.24. The van der Waals surface area contributed by atoms with Gasteiger partial charge in [-0.3, -0.25) is 9.69 Å². The van der Waals surface area contributed by atoms with E-state index < -0.39 is 0 Å². The number of carbonyl (C=O) groups is 1. The van der Waals surface area contributed by atoms with Crippen molar-refractivity contribution >= 4 is 86.1 Å². The summed E-state index contributed by atoms with van der Waals surface area (Å²) in [4.78, 5) is 20.5. The van der Waals surface area contributed by atoms with Crippen molar-refractivity contribution in [3.63, 3.8) is 0 Å². The van der Waals surface area contributed by atoms with Gasteiger partial charge in [0, 0.05) is 10.0 Å². The zero-order valence-electron chi connectivity index (χ0n) is 21.6. The van der Waals surface area contributed by atoms with Gasteiger partial charge in [-0.1, -0.05) is 35.3 Å². The molecule has 1 saturated heterocycles. The predicted octanol–water partition coefficient (Wildman–Crippen LogP) is 9.52. The van der Waals surface area contributed by atoms with Crippen LogP contribution in [0.25, 0.3) is 6.08 Å². The van der Waals surface area contributed by atoms with Crippen LogP contribution >= 0.6 is 57.6 Å². The van der Waals surface area contributed by atoms with Crippen LogP contribution in [0.3, 0.4) is 0 Å². The molecule has 0 atom stereocenters. The van der Waals surface area contributed by atoms with Crippen LogP contribution in [0.5, 0.6) is 11.5 Å². The van der Waals surface area contributed by atoms with Gasteiger partial charge in [-0.25, -0.2) is 9.38 Å². The second-order valence-corrected chi connectivity index (χ2v) is 11.8. The van der Waals surface area contributed by atoms with Crippen LogP contribution < -0.4 is 14.4 Å². The van der Waals surface area contributed by atoms with Crippen molar-refractivity contribution in [1.29, 1.82) is 0 Å². The van der Waals surface area contributed by atoms with E-state index in [0.29, 0.717) is 55.2 Å². The molecule has 0 aliphatic carbocycles.